The lowest BCUT2D eigenvalue weighted by Crippen LogP contribution is -2.34. The molecule has 0 saturated carbocycles. The Bertz CT molecular complexity index is 824. The highest BCUT2D eigenvalue weighted by atomic mass is 35.5. The van der Waals surface area contributed by atoms with E-state index in [-0.39, 0.29) is 10.6 Å². The molecular weight excluding hydrogens is 371 g/mol. The minimum Gasteiger partial charge on any atom is -0.550 e. The number of carboxylic acid groups (broad SMARTS) is 1. The predicted molar refractivity (Wildman–Crippen MR) is 89.4 cm³/mol. The lowest BCUT2D eigenvalue weighted by Gasteiger charge is -2.20. The Morgan fingerprint density at radius 3 is 2.32 bits per heavy atom. The number of carbonyl (C=O) groups is 2. The van der Waals surface area contributed by atoms with Crippen molar-refractivity contribution in [2.75, 3.05) is 0 Å². The van der Waals surface area contributed by atoms with Crippen molar-refractivity contribution in [1.29, 1.82) is 0 Å². The smallest absolute Gasteiger partial charge is 0.288 e. The second kappa shape index (κ2) is 7.96. The van der Waals surface area contributed by atoms with E-state index >= 15 is 0 Å². The number of nitro benzene ring substituents is 1. The van der Waals surface area contributed by atoms with Gasteiger partial charge in [0.25, 0.3) is 11.6 Å². The molecule has 0 bridgehead atoms. The lowest BCUT2D eigenvalue weighted by atomic mass is 10.0. The van der Waals surface area contributed by atoms with Crippen molar-refractivity contribution in [1.82, 2.24) is 5.32 Å². The zero-order chi connectivity index (χ0) is 18.6. The molecule has 0 aliphatic rings. The maximum absolute atomic E-state index is 12.3. The number of hydrogen-bond acceptors (Lipinski definition) is 5. The maximum atomic E-state index is 12.3. The fraction of sp³-hybridized carbons (Fsp3) is 0.125. The molecule has 0 heterocycles. The van der Waals surface area contributed by atoms with Crippen molar-refractivity contribution in [3.05, 3.63) is 73.8 Å². The van der Waals surface area contributed by atoms with Crippen molar-refractivity contribution < 1.29 is 19.6 Å². The highest BCUT2D eigenvalue weighted by Gasteiger charge is 2.20. The molecule has 1 N–H and O–H groups in total. The third kappa shape index (κ3) is 4.91. The molecule has 0 spiro atoms. The summed E-state index contributed by atoms with van der Waals surface area (Å²) in [6.07, 6.45) is -0.469. The van der Waals surface area contributed by atoms with Gasteiger partial charge < -0.3 is 15.2 Å². The van der Waals surface area contributed by atoms with Gasteiger partial charge in [-0.25, -0.2) is 0 Å². The van der Waals surface area contributed by atoms with Crippen LogP contribution in [0.5, 0.6) is 0 Å². The SMILES string of the molecule is O=C([O-])C[C@@H](NC(=O)c1ccc(Cl)c([N+](=O)[O-])c1)c1ccc(Cl)cc1. The zero-order valence-corrected chi connectivity index (χ0v) is 14.1. The molecule has 0 fully saturated rings. The van der Waals surface area contributed by atoms with Gasteiger partial charge >= 0.3 is 0 Å². The van der Waals surface area contributed by atoms with Gasteiger partial charge in [-0.1, -0.05) is 35.3 Å². The topological polar surface area (TPSA) is 112 Å². The van der Waals surface area contributed by atoms with E-state index in [1.807, 2.05) is 0 Å². The number of halogens is 2. The molecule has 130 valence electrons. The van der Waals surface area contributed by atoms with E-state index in [4.69, 9.17) is 23.2 Å². The summed E-state index contributed by atoms with van der Waals surface area (Å²) < 4.78 is 0. The first-order valence-corrected chi connectivity index (χ1v) is 7.73. The average Bonchev–Trinajstić information content (AvgIpc) is 2.54. The Balaban J connectivity index is 2.27. The molecule has 25 heavy (non-hydrogen) atoms. The van der Waals surface area contributed by atoms with Crippen LogP contribution in [0.3, 0.4) is 0 Å². The normalized spacial score (nSPS) is 11.6. The molecule has 0 aliphatic carbocycles. The second-order valence-electron chi connectivity index (χ2n) is 5.08. The minimum atomic E-state index is -1.36. The van der Waals surface area contributed by atoms with Gasteiger partial charge in [-0.2, -0.15) is 0 Å². The molecule has 9 heteroatoms. The summed E-state index contributed by atoms with van der Waals surface area (Å²) >= 11 is 11.5. The standard InChI is InChI=1S/C16H12Cl2N2O5/c17-11-4-1-9(2-5-11)13(8-15(21)22)19-16(23)10-3-6-12(18)14(7-10)20(24)25/h1-7,13H,8H2,(H,19,23)(H,21,22)/p-1/t13-/m1/s1. The Morgan fingerprint density at radius 1 is 1.12 bits per heavy atom. The van der Waals surface area contributed by atoms with E-state index in [0.29, 0.717) is 10.6 Å². The van der Waals surface area contributed by atoms with Crippen LogP contribution in [0.1, 0.15) is 28.4 Å². The van der Waals surface area contributed by atoms with Gasteiger partial charge in [0.1, 0.15) is 5.02 Å². The van der Waals surface area contributed by atoms with Crippen LogP contribution in [-0.2, 0) is 4.79 Å². The highest BCUT2D eigenvalue weighted by molar-refractivity contribution is 6.32. The summed E-state index contributed by atoms with van der Waals surface area (Å²) in [5, 5.41) is 24.7. The van der Waals surface area contributed by atoms with Crippen molar-refractivity contribution in [2.45, 2.75) is 12.5 Å². The van der Waals surface area contributed by atoms with Crippen molar-refractivity contribution >= 4 is 40.8 Å². The van der Waals surface area contributed by atoms with Crippen LogP contribution in [0.2, 0.25) is 10.0 Å². The predicted octanol–water partition coefficient (Wildman–Crippen LogP) is 2.51. The number of carboxylic acids is 1. The summed E-state index contributed by atoms with van der Waals surface area (Å²) in [5.41, 5.74) is 0.0658. The number of nitrogens with zero attached hydrogens (tertiary/aromatic N) is 1. The molecule has 0 aromatic heterocycles. The Hall–Kier alpha value is -2.64. The van der Waals surface area contributed by atoms with Gasteiger partial charge in [0.2, 0.25) is 0 Å². The Morgan fingerprint density at radius 2 is 1.76 bits per heavy atom. The third-order valence-corrected chi connectivity index (χ3v) is 3.93. The molecule has 0 radical (unpaired) electrons. The maximum Gasteiger partial charge on any atom is 0.288 e. The summed E-state index contributed by atoms with van der Waals surface area (Å²) in [7, 11) is 0. The summed E-state index contributed by atoms with van der Waals surface area (Å²) in [6, 6.07) is 8.92. The van der Waals surface area contributed by atoms with Crippen LogP contribution in [-0.4, -0.2) is 16.8 Å². The first kappa shape index (κ1) is 18.7. The van der Waals surface area contributed by atoms with E-state index in [2.05, 4.69) is 5.32 Å². The quantitative estimate of drug-likeness (QED) is 0.609. The van der Waals surface area contributed by atoms with Crippen LogP contribution >= 0.6 is 23.2 Å². The average molecular weight is 382 g/mol. The molecule has 2 rings (SSSR count). The summed E-state index contributed by atoms with van der Waals surface area (Å²) in [4.78, 5) is 33.5. The molecule has 1 amide bonds. The number of carbonyl (C=O) groups excluding carboxylic acids is 2. The van der Waals surface area contributed by atoms with E-state index in [9.17, 15) is 24.8 Å². The fourth-order valence-electron chi connectivity index (χ4n) is 2.15. The van der Waals surface area contributed by atoms with Crippen LogP contribution in [0.4, 0.5) is 5.69 Å². The van der Waals surface area contributed by atoms with Gasteiger partial charge in [-0.15, -0.1) is 0 Å². The van der Waals surface area contributed by atoms with Crippen molar-refractivity contribution in [3.8, 4) is 0 Å². The van der Waals surface area contributed by atoms with Crippen LogP contribution in [0, 0.1) is 10.1 Å². The number of nitro groups is 1. The van der Waals surface area contributed by atoms with E-state index in [1.165, 1.54) is 12.1 Å². The van der Waals surface area contributed by atoms with E-state index in [0.717, 1.165) is 6.07 Å². The third-order valence-electron chi connectivity index (χ3n) is 3.35. The first-order chi connectivity index (χ1) is 11.8. The fourth-order valence-corrected chi connectivity index (χ4v) is 2.46. The number of amides is 1. The summed E-state index contributed by atoms with van der Waals surface area (Å²) in [5.74, 6) is -2.04. The van der Waals surface area contributed by atoms with Gasteiger partial charge in [-0.3, -0.25) is 14.9 Å². The largest absolute Gasteiger partial charge is 0.550 e. The number of aliphatic carboxylic acids is 1. The number of nitrogens with one attached hydrogen (secondary N) is 1. The van der Waals surface area contributed by atoms with Gasteiger partial charge in [-0.05, 0) is 29.8 Å². The minimum absolute atomic E-state index is 0.0200. The van der Waals surface area contributed by atoms with Crippen LogP contribution in [0.25, 0.3) is 0 Å². The van der Waals surface area contributed by atoms with Crippen molar-refractivity contribution in [3.63, 3.8) is 0 Å². The van der Waals surface area contributed by atoms with E-state index in [1.54, 1.807) is 24.3 Å². The molecule has 2 aromatic carbocycles. The Kier molecular flexibility index (Phi) is 5.95. The first-order valence-electron chi connectivity index (χ1n) is 6.98. The van der Waals surface area contributed by atoms with Crippen molar-refractivity contribution in [2.24, 2.45) is 0 Å². The van der Waals surface area contributed by atoms with Gasteiger partial charge in [0.05, 0.1) is 11.0 Å². The molecule has 0 unspecified atom stereocenters. The molecule has 2 aromatic rings. The zero-order valence-electron chi connectivity index (χ0n) is 12.6. The highest BCUT2D eigenvalue weighted by Crippen LogP contribution is 2.26. The lowest BCUT2D eigenvalue weighted by molar-refractivity contribution is -0.384. The molecule has 0 aliphatic heterocycles. The Labute approximate surface area is 152 Å². The monoisotopic (exact) mass is 381 g/mol. The molecule has 0 saturated heterocycles. The summed E-state index contributed by atoms with van der Waals surface area (Å²) in [6.45, 7) is 0. The number of benzene rings is 2. The molecule has 7 nitrogen and oxygen atoms in total. The number of hydrogen-bond donors (Lipinski definition) is 1. The second-order valence-corrected chi connectivity index (χ2v) is 5.92. The molecule has 1 atom stereocenters. The van der Waals surface area contributed by atoms with Crippen LogP contribution in [0.15, 0.2) is 42.5 Å². The molecular formula is C16H11Cl2N2O5-. The van der Waals surface area contributed by atoms with Gasteiger partial charge in [0.15, 0.2) is 0 Å². The van der Waals surface area contributed by atoms with Gasteiger partial charge in [0, 0.05) is 29.0 Å². The van der Waals surface area contributed by atoms with E-state index < -0.39 is 34.9 Å². The van der Waals surface area contributed by atoms with Crippen LogP contribution < -0.4 is 10.4 Å². The number of rotatable bonds is 6.